The fourth-order valence-electron chi connectivity index (χ4n) is 1.81. The van der Waals surface area contributed by atoms with E-state index in [0.717, 1.165) is 17.1 Å². The Bertz CT molecular complexity index is 460. The normalized spacial score (nSPS) is 15.2. The first-order valence-corrected chi connectivity index (χ1v) is 6.49. The Morgan fingerprint density at radius 2 is 2.00 bits per heavy atom. The third kappa shape index (κ3) is 3.38. The zero-order chi connectivity index (χ0) is 13.8. The van der Waals surface area contributed by atoms with Gasteiger partial charge in [0.05, 0.1) is 6.04 Å². The van der Waals surface area contributed by atoms with E-state index < -0.39 is 6.04 Å². The molecule has 0 bridgehead atoms. The Kier molecular flexibility index (Phi) is 4.27. The number of hydrogen-bond donors (Lipinski definition) is 2. The maximum absolute atomic E-state index is 11.8. The number of rotatable bonds is 4. The van der Waals surface area contributed by atoms with E-state index in [1.54, 1.807) is 0 Å². The van der Waals surface area contributed by atoms with Crippen LogP contribution in [0.5, 0.6) is 11.5 Å². The molecule has 1 amide bonds. The van der Waals surface area contributed by atoms with Crippen molar-refractivity contribution >= 4 is 5.91 Å². The summed E-state index contributed by atoms with van der Waals surface area (Å²) in [6, 6.07) is 5.18. The van der Waals surface area contributed by atoms with E-state index in [1.807, 2.05) is 32.0 Å². The summed E-state index contributed by atoms with van der Waals surface area (Å²) >= 11 is 0. The minimum Gasteiger partial charge on any atom is -0.486 e. The highest BCUT2D eigenvalue weighted by Crippen LogP contribution is 2.30. The molecule has 104 valence electrons. The van der Waals surface area contributed by atoms with Crippen molar-refractivity contribution in [3.05, 3.63) is 23.8 Å². The highest BCUT2D eigenvalue weighted by Gasteiger charge is 2.17. The van der Waals surface area contributed by atoms with Gasteiger partial charge in [-0.1, -0.05) is 19.9 Å². The number of fused-ring (bicyclic) bond motifs is 1. The van der Waals surface area contributed by atoms with Crippen LogP contribution in [0.1, 0.15) is 19.4 Å². The van der Waals surface area contributed by atoms with Gasteiger partial charge in [0.25, 0.3) is 0 Å². The molecule has 5 heteroatoms. The lowest BCUT2D eigenvalue weighted by Crippen LogP contribution is -2.43. The number of hydrogen-bond acceptors (Lipinski definition) is 4. The molecule has 2 rings (SSSR count). The largest absolute Gasteiger partial charge is 0.486 e. The number of carbonyl (C=O) groups is 1. The molecule has 1 aromatic rings. The summed E-state index contributed by atoms with van der Waals surface area (Å²) in [5.41, 5.74) is 6.74. The molecule has 0 saturated carbocycles. The summed E-state index contributed by atoms with van der Waals surface area (Å²) < 4.78 is 10.9. The van der Waals surface area contributed by atoms with Crippen LogP contribution in [0, 0.1) is 5.92 Å². The lowest BCUT2D eigenvalue weighted by Gasteiger charge is -2.19. The van der Waals surface area contributed by atoms with Gasteiger partial charge < -0.3 is 20.5 Å². The maximum Gasteiger partial charge on any atom is 0.237 e. The van der Waals surface area contributed by atoms with E-state index in [-0.39, 0.29) is 11.8 Å². The van der Waals surface area contributed by atoms with Crippen LogP contribution in [-0.2, 0) is 11.3 Å². The minimum absolute atomic E-state index is 0.125. The van der Waals surface area contributed by atoms with E-state index in [1.165, 1.54) is 0 Å². The Balaban J connectivity index is 1.95. The first-order valence-electron chi connectivity index (χ1n) is 6.49. The predicted molar refractivity (Wildman–Crippen MR) is 72.1 cm³/mol. The summed E-state index contributed by atoms with van der Waals surface area (Å²) in [6.45, 7) is 5.42. The predicted octanol–water partition coefficient (Wildman–Crippen LogP) is 1.06. The molecule has 1 aliphatic heterocycles. The van der Waals surface area contributed by atoms with Gasteiger partial charge in [-0.05, 0) is 23.6 Å². The number of carbonyl (C=O) groups excluding carboxylic acids is 1. The lowest BCUT2D eigenvalue weighted by atomic mass is 10.0. The highest BCUT2D eigenvalue weighted by atomic mass is 16.6. The zero-order valence-electron chi connectivity index (χ0n) is 11.3. The molecular formula is C14H20N2O3. The zero-order valence-corrected chi connectivity index (χ0v) is 11.3. The second-order valence-corrected chi connectivity index (χ2v) is 4.97. The Morgan fingerprint density at radius 3 is 2.68 bits per heavy atom. The van der Waals surface area contributed by atoms with E-state index in [9.17, 15) is 4.79 Å². The summed E-state index contributed by atoms with van der Waals surface area (Å²) in [5.74, 6) is 1.47. The van der Waals surface area contributed by atoms with Crippen LogP contribution >= 0.6 is 0 Å². The van der Waals surface area contributed by atoms with Crippen molar-refractivity contribution in [3.63, 3.8) is 0 Å². The lowest BCUT2D eigenvalue weighted by molar-refractivity contribution is -0.123. The number of nitrogens with one attached hydrogen (secondary N) is 1. The second-order valence-electron chi connectivity index (χ2n) is 4.97. The molecule has 0 aliphatic carbocycles. The monoisotopic (exact) mass is 264 g/mol. The third-order valence-electron chi connectivity index (χ3n) is 3.09. The van der Waals surface area contributed by atoms with Crippen LogP contribution in [0.25, 0.3) is 0 Å². The van der Waals surface area contributed by atoms with Crippen LogP contribution in [0.3, 0.4) is 0 Å². The topological polar surface area (TPSA) is 73.6 Å². The molecule has 1 aromatic carbocycles. The summed E-state index contributed by atoms with van der Waals surface area (Å²) in [7, 11) is 0. The van der Waals surface area contributed by atoms with Crippen LogP contribution in [-0.4, -0.2) is 25.2 Å². The molecule has 5 nitrogen and oxygen atoms in total. The molecule has 0 unspecified atom stereocenters. The van der Waals surface area contributed by atoms with Gasteiger partial charge in [0, 0.05) is 6.54 Å². The molecule has 1 atom stereocenters. The van der Waals surface area contributed by atoms with Gasteiger partial charge in [0.15, 0.2) is 11.5 Å². The quantitative estimate of drug-likeness (QED) is 0.852. The average Bonchev–Trinajstić information content (AvgIpc) is 2.43. The Labute approximate surface area is 113 Å². The van der Waals surface area contributed by atoms with E-state index in [4.69, 9.17) is 15.2 Å². The summed E-state index contributed by atoms with van der Waals surface area (Å²) in [6.07, 6.45) is 0. The van der Waals surface area contributed by atoms with E-state index in [0.29, 0.717) is 19.8 Å². The van der Waals surface area contributed by atoms with Gasteiger partial charge in [-0.25, -0.2) is 0 Å². The van der Waals surface area contributed by atoms with Gasteiger partial charge in [-0.2, -0.15) is 0 Å². The highest BCUT2D eigenvalue weighted by molar-refractivity contribution is 5.81. The van der Waals surface area contributed by atoms with Crippen molar-refractivity contribution in [3.8, 4) is 11.5 Å². The number of benzene rings is 1. The first kappa shape index (κ1) is 13.7. The summed E-state index contributed by atoms with van der Waals surface area (Å²) in [4.78, 5) is 11.8. The molecular weight excluding hydrogens is 244 g/mol. The van der Waals surface area contributed by atoms with Crippen LogP contribution in [0.15, 0.2) is 18.2 Å². The molecule has 1 aliphatic rings. The van der Waals surface area contributed by atoms with Crippen molar-refractivity contribution in [2.24, 2.45) is 11.7 Å². The maximum atomic E-state index is 11.8. The van der Waals surface area contributed by atoms with Gasteiger partial charge in [0.2, 0.25) is 5.91 Å². The van der Waals surface area contributed by atoms with Crippen LogP contribution < -0.4 is 20.5 Å². The smallest absolute Gasteiger partial charge is 0.237 e. The van der Waals surface area contributed by atoms with Gasteiger partial charge in [0.1, 0.15) is 13.2 Å². The van der Waals surface area contributed by atoms with Crippen LogP contribution in [0.2, 0.25) is 0 Å². The van der Waals surface area contributed by atoms with Gasteiger partial charge in [-0.15, -0.1) is 0 Å². The number of ether oxygens (including phenoxy) is 2. The van der Waals surface area contributed by atoms with Gasteiger partial charge in [-0.3, -0.25) is 4.79 Å². The minimum atomic E-state index is -0.475. The molecule has 0 fully saturated rings. The Hall–Kier alpha value is -1.75. The van der Waals surface area contributed by atoms with Crippen molar-refractivity contribution in [2.45, 2.75) is 26.4 Å². The standard InChI is InChI=1S/C14H20N2O3/c1-9(2)13(15)14(17)16-8-10-3-4-11-12(7-10)19-6-5-18-11/h3-4,7,9,13H,5-6,8,15H2,1-2H3,(H,16,17)/t13-/m1/s1. The SMILES string of the molecule is CC(C)[C@@H](N)C(=O)NCc1ccc2c(c1)OCCO2. The molecule has 0 aromatic heterocycles. The van der Waals surface area contributed by atoms with Crippen molar-refractivity contribution in [1.82, 2.24) is 5.32 Å². The average molecular weight is 264 g/mol. The molecule has 3 N–H and O–H groups in total. The first-order chi connectivity index (χ1) is 9.08. The van der Waals surface area contributed by atoms with Crippen molar-refractivity contribution in [2.75, 3.05) is 13.2 Å². The van der Waals surface area contributed by atoms with Crippen LogP contribution in [0.4, 0.5) is 0 Å². The fourth-order valence-corrected chi connectivity index (χ4v) is 1.81. The van der Waals surface area contributed by atoms with Gasteiger partial charge >= 0.3 is 0 Å². The summed E-state index contributed by atoms with van der Waals surface area (Å²) in [5, 5.41) is 2.83. The Morgan fingerprint density at radius 1 is 1.32 bits per heavy atom. The van der Waals surface area contributed by atoms with Crippen molar-refractivity contribution < 1.29 is 14.3 Å². The van der Waals surface area contributed by atoms with E-state index >= 15 is 0 Å². The number of nitrogens with two attached hydrogens (primary N) is 1. The van der Waals surface area contributed by atoms with E-state index in [2.05, 4.69) is 5.32 Å². The molecule has 0 spiro atoms. The molecule has 0 radical (unpaired) electrons. The molecule has 19 heavy (non-hydrogen) atoms. The molecule has 1 heterocycles. The second kappa shape index (κ2) is 5.93. The molecule has 0 saturated heterocycles. The van der Waals surface area contributed by atoms with Crippen molar-refractivity contribution in [1.29, 1.82) is 0 Å². The number of amides is 1. The third-order valence-corrected chi connectivity index (χ3v) is 3.09. The fraction of sp³-hybridized carbons (Fsp3) is 0.500.